The van der Waals surface area contributed by atoms with E-state index in [0.717, 1.165) is 12.5 Å². The number of hydrogen-bond acceptors (Lipinski definition) is 1. The van der Waals surface area contributed by atoms with E-state index in [2.05, 4.69) is 0 Å². The van der Waals surface area contributed by atoms with E-state index in [0.29, 0.717) is 11.5 Å². The van der Waals surface area contributed by atoms with Gasteiger partial charge in [0.2, 0.25) is 0 Å². The number of rotatable bonds is 4. The Kier molecular flexibility index (Phi) is 3.00. The molecule has 1 fully saturated rings. The molecule has 1 aromatic carbocycles. The molecule has 0 amide bonds. The lowest BCUT2D eigenvalue weighted by Crippen LogP contribution is -2.12. The molecular weight excluding hydrogens is 198 g/mol. The molecule has 82 valence electrons. The minimum atomic E-state index is -0.576. The Morgan fingerprint density at radius 2 is 2.07 bits per heavy atom. The summed E-state index contributed by atoms with van der Waals surface area (Å²) in [5.41, 5.74) is 0.393. The molecule has 0 heterocycles. The molecule has 1 N–H and O–H groups in total. The van der Waals surface area contributed by atoms with E-state index in [1.54, 1.807) is 0 Å². The highest BCUT2D eigenvalue weighted by Gasteiger charge is 2.24. The molecule has 1 unspecified atom stereocenters. The lowest BCUT2D eigenvalue weighted by Gasteiger charge is -2.10. The number of hydrogen-bond donors (Lipinski definition) is 1. The molecule has 1 saturated carbocycles. The highest BCUT2D eigenvalue weighted by molar-refractivity contribution is 5.19. The van der Waals surface area contributed by atoms with Gasteiger partial charge in [-0.3, -0.25) is 0 Å². The van der Waals surface area contributed by atoms with Crippen molar-refractivity contribution in [2.45, 2.75) is 31.8 Å². The van der Waals surface area contributed by atoms with Crippen LogP contribution >= 0.6 is 0 Å². The van der Waals surface area contributed by atoms with Crippen molar-refractivity contribution < 1.29 is 13.9 Å². The number of benzene rings is 1. The van der Waals surface area contributed by atoms with Crippen LogP contribution in [0.2, 0.25) is 0 Å². The summed E-state index contributed by atoms with van der Waals surface area (Å²) in [5, 5.41) is 9.65. The topological polar surface area (TPSA) is 20.2 Å². The summed E-state index contributed by atoms with van der Waals surface area (Å²) < 4.78 is 25.8. The second-order valence-electron chi connectivity index (χ2n) is 4.27. The Morgan fingerprint density at radius 3 is 2.67 bits per heavy atom. The summed E-state index contributed by atoms with van der Waals surface area (Å²) in [6.07, 6.45) is 2.85. The van der Waals surface area contributed by atoms with E-state index in [1.165, 1.54) is 25.0 Å². The second-order valence-corrected chi connectivity index (χ2v) is 4.27. The fraction of sp³-hybridized carbons (Fsp3) is 0.500. The van der Waals surface area contributed by atoms with Crippen molar-refractivity contribution in [1.29, 1.82) is 0 Å². The zero-order valence-corrected chi connectivity index (χ0v) is 8.42. The van der Waals surface area contributed by atoms with E-state index in [4.69, 9.17) is 0 Å². The highest BCUT2D eigenvalue weighted by Crippen LogP contribution is 2.34. The third-order valence-electron chi connectivity index (χ3n) is 2.77. The first kappa shape index (κ1) is 10.6. The van der Waals surface area contributed by atoms with Crippen LogP contribution in [-0.2, 0) is 6.42 Å². The summed E-state index contributed by atoms with van der Waals surface area (Å²) in [7, 11) is 0. The summed E-state index contributed by atoms with van der Waals surface area (Å²) in [6.45, 7) is 0. The van der Waals surface area contributed by atoms with Gasteiger partial charge in [0.05, 0.1) is 6.10 Å². The molecule has 1 atom stereocenters. The highest BCUT2D eigenvalue weighted by atomic mass is 19.1. The van der Waals surface area contributed by atoms with Crippen LogP contribution in [0.4, 0.5) is 8.78 Å². The van der Waals surface area contributed by atoms with Gasteiger partial charge in [-0.1, -0.05) is 18.9 Å². The zero-order chi connectivity index (χ0) is 10.8. The summed E-state index contributed by atoms with van der Waals surface area (Å²) in [5.74, 6) is -0.527. The number of halogens is 2. The SMILES string of the molecule is OC(Cc1ccc(F)cc1F)CC1CC1. The van der Waals surface area contributed by atoms with Gasteiger partial charge in [-0.15, -0.1) is 0 Å². The molecule has 0 spiro atoms. The van der Waals surface area contributed by atoms with Crippen molar-refractivity contribution in [3.05, 3.63) is 35.4 Å². The van der Waals surface area contributed by atoms with Crippen molar-refractivity contribution in [1.82, 2.24) is 0 Å². The number of aliphatic hydroxyl groups excluding tert-OH is 1. The minimum absolute atomic E-state index is 0.280. The van der Waals surface area contributed by atoms with E-state index in [1.807, 2.05) is 0 Å². The van der Waals surface area contributed by atoms with Gasteiger partial charge in [0.25, 0.3) is 0 Å². The lowest BCUT2D eigenvalue weighted by atomic mass is 10.0. The molecule has 2 rings (SSSR count). The van der Waals surface area contributed by atoms with Gasteiger partial charge in [-0.2, -0.15) is 0 Å². The molecule has 0 saturated heterocycles. The Morgan fingerprint density at radius 1 is 1.33 bits per heavy atom. The Balaban J connectivity index is 1.96. The smallest absolute Gasteiger partial charge is 0.129 e. The molecule has 15 heavy (non-hydrogen) atoms. The lowest BCUT2D eigenvalue weighted by molar-refractivity contribution is 0.157. The maximum atomic E-state index is 13.2. The molecule has 0 aromatic heterocycles. The van der Waals surface area contributed by atoms with Gasteiger partial charge in [0.1, 0.15) is 11.6 Å². The zero-order valence-electron chi connectivity index (χ0n) is 8.42. The third kappa shape index (κ3) is 2.99. The van der Waals surface area contributed by atoms with Crippen molar-refractivity contribution in [3.8, 4) is 0 Å². The van der Waals surface area contributed by atoms with Crippen molar-refractivity contribution in [2.24, 2.45) is 5.92 Å². The Bertz CT molecular complexity index is 347. The average molecular weight is 212 g/mol. The van der Waals surface area contributed by atoms with Crippen LogP contribution < -0.4 is 0 Å². The number of aliphatic hydroxyl groups is 1. The second kappa shape index (κ2) is 4.27. The van der Waals surface area contributed by atoms with E-state index in [9.17, 15) is 13.9 Å². The molecule has 0 bridgehead atoms. The fourth-order valence-corrected chi connectivity index (χ4v) is 1.76. The molecule has 0 radical (unpaired) electrons. The van der Waals surface area contributed by atoms with E-state index < -0.39 is 17.7 Å². The van der Waals surface area contributed by atoms with Gasteiger partial charge in [-0.25, -0.2) is 8.78 Å². The van der Waals surface area contributed by atoms with Crippen molar-refractivity contribution in [3.63, 3.8) is 0 Å². The van der Waals surface area contributed by atoms with Crippen LogP contribution in [-0.4, -0.2) is 11.2 Å². The van der Waals surface area contributed by atoms with Crippen LogP contribution in [0.5, 0.6) is 0 Å². The quantitative estimate of drug-likeness (QED) is 0.813. The maximum absolute atomic E-state index is 13.2. The Hall–Kier alpha value is -0.960. The van der Waals surface area contributed by atoms with Crippen LogP contribution in [0.25, 0.3) is 0 Å². The molecule has 0 aliphatic heterocycles. The normalized spacial score (nSPS) is 17.8. The molecular formula is C12H14F2O. The van der Waals surface area contributed by atoms with E-state index >= 15 is 0 Å². The predicted octanol–water partition coefficient (Wildman–Crippen LogP) is 2.67. The van der Waals surface area contributed by atoms with Crippen molar-refractivity contribution >= 4 is 0 Å². The van der Waals surface area contributed by atoms with Crippen LogP contribution in [0.3, 0.4) is 0 Å². The van der Waals surface area contributed by atoms with Crippen molar-refractivity contribution in [2.75, 3.05) is 0 Å². The summed E-state index contributed by atoms with van der Waals surface area (Å²) in [4.78, 5) is 0. The predicted molar refractivity (Wildman–Crippen MR) is 53.4 cm³/mol. The fourth-order valence-electron chi connectivity index (χ4n) is 1.76. The van der Waals surface area contributed by atoms with Gasteiger partial charge >= 0.3 is 0 Å². The minimum Gasteiger partial charge on any atom is -0.393 e. The maximum Gasteiger partial charge on any atom is 0.129 e. The summed E-state index contributed by atoms with van der Waals surface area (Å²) >= 11 is 0. The van der Waals surface area contributed by atoms with Crippen LogP contribution in [0.1, 0.15) is 24.8 Å². The third-order valence-corrected chi connectivity index (χ3v) is 2.77. The van der Waals surface area contributed by atoms with Crippen LogP contribution in [0.15, 0.2) is 18.2 Å². The summed E-state index contributed by atoms with van der Waals surface area (Å²) in [6, 6.07) is 3.49. The van der Waals surface area contributed by atoms with Gasteiger partial charge in [0, 0.05) is 12.5 Å². The molecule has 1 nitrogen and oxygen atoms in total. The standard InChI is InChI=1S/C12H14F2O/c13-10-4-3-9(12(14)7-10)6-11(15)5-8-1-2-8/h3-4,7-8,11,15H,1-2,5-6H2. The van der Waals surface area contributed by atoms with Crippen LogP contribution in [0, 0.1) is 17.6 Å². The Labute approximate surface area is 87.7 Å². The van der Waals surface area contributed by atoms with Gasteiger partial charge in [-0.05, 0) is 24.0 Å². The molecule has 1 aliphatic carbocycles. The first-order chi connectivity index (χ1) is 7.15. The first-order valence-electron chi connectivity index (χ1n) is 5.27. The largest absolute Gasteiger partial charge is 0.393 e. The molecule has 3 heteroatoms. The average Bonchev–Trinajstić information content (AvgIpc) is 2.94. The molecule has 1 aromatic rings. The van der Waals surface area contributed by atoms with Gasteiger partial charge < -0.3 is 5.11 Å². The molecule has 1 aliphatic rings. The monoisotopic (exact) mass is 212 g/mol. The first-order valence-corrected chi connectivity index (χ1v) is 5.27. The van der Waals surface area contributed by atoms with E-state index in [-0.39, 0.29) is 6.42 Å². The van der Waals surface area contributed by atoms with Gasteiger partial charge in [0.15, 0.2) is 0 Å².